The van der Waals surface area contributed by atoms with Gasteiger partial charge in [-0.1, -0.05) is 18.6 Å². The topological polar surface area (TPSA) is 64.1 Å². The molecule has 1 atom stereocenters. The molecule has 0 radical (unpaired) electrons. The van der Waals surface area contributed by atoms with E-state index in [1.165, 1.54) is 6.20 Å². The summed E-state index contributed by atoms with van der Waals surface area (Å²) in [6.45, 7) is 3.98. The van der Waals surface area contributed by atoms with E-state index in [9.17, 15) is 13.6 Å². The highest BCUT2D eigenvalue weighted by molar-refractivity contribution is 5.98. The van der Waals surface area contributed by atoms with Gasteiger partial charge >= 0.3 is 0 Å². The van der Waals surface area contributed by atoms with Crippen molar-refractivity contribution < 1.29 is 18.3 Å². The summed E-state index contributed by atoms with van der Waals surface area (Å²) in [5, 5.41) is 3.27. The number of halogens is 2. The number of fused-ring (bicyclic) bond motifs is 1. The minimum absolute atomic E-state index is 0.0494. The molecule has 3 rings (SSSR count). The summed E-state index contributed by atoms with van der Waals surface area (Å²) in [4.78, 5) is 21.1. The number of carbonyl (C=O) groups is 1. The van der Waals surface area contributed by atoms with Crippen LogP contribution in [0.15, 0.2) is 36.5 Å². The van der Waals surface area contributed by atoms with Crippen molar-refractivity contribution in [1.29, 1.82) is 0 Å². The van der Waals surface area contributed by atoms with E-state index >= 15 is 0 Å². The number of methoxy groups -OCH3 is 1. The number of ether oxygens (including phenoxy) is 1. The third kappa shape index (κ3) is 5.09. The van der Waals surface area contributed by atoms with Crippen molar-refractivity contribution in [1.82, 2.24) is 9.97 Å². The second kappa shape index (κ2) is 9.61. The van der Waals surface area contributed by atoms with Gasteiger partial charge in [-0.2, -0.15) is 0 Å². The minimum atomic E-state index is -0.953. The van der Waals surface area contributed by atoms with Crippen molar-refractivity contribution in [2.45, 2.75) is 45.6 Å². The quantitative estimate of drug-likeness (QED) is 0.471. The number of Topliss-reactive ketones (excluding diaryl/α,β-unsaturated/α-hetero) is 1. The van der Waals surface area contributed by atoms with Gasteiger partial charge in [-0.05, 0) is 38.3 Å². The molecule has 158 valence electrons. The van der Waals surface area contributed by atoms with E-state index in [0.29, 0.717) is 35.5 Å². The number of hydrogen-bond acceptors (Lipinski definition) is 5. The fraction of sp³-hybridized carbons (Fsp3) is 0.348. The SMILES string of the molecule is CCC(CCCC(=O)c1cc(C)ccc1OC)Nc1cnc2cc(F)c(F)cc2n1. The van der Waals surface area contributed by atoms with Gasteiger partial charge in [0.15, 0.2) is 17.4 Å². The van der Waals surface area contributed by atoms with Gasteiger partial charge in [-0.15, -0.1) is 0 Å². The van der Waals surface area contributed by atoms with E-state index in [-0.39, 0.29) is 17.3 Å². The molecule has 1 unspecified atom stereocenters. The minimum Gasteiger partial charge on any atom is -0.496 e. The van der Waals surface area contributed by atoms with Crippen molar-refractivity contribution in [3.63, 3.8) is 0 Å². The lowest BCUT2D eigenvalue weighted by atomic mass is 10.00. The summed E-state index contributed by atoms with van der Waals surface area (Å²) in [6, 6.07) is 7.73. The Kier molecular flexibility index (Phi) is 6.92. The van der Waals surface area contributed by atoms with Crippen LogP contribution in [0.4, 0.5) is 14.6 Å². The van der Waals surface area contributed by atoms with Crippen LogP contribution in [0.3, 0.4) is 0 Å². The predicted molar refractivity (Wildman–Crippen MR) is 113 cm³/mol. The molecular formula is C23H25F2N3O2. The number of carbonyl (C=O) groups excluding carboxylic acids is 1. The molecule has 0 amide bonds. The van der Waals surface area contributed by atoms with Crippen molar-refractivity contribution in [2.24, 2.45) is 0 Å². The fourth-order valence-electron chi connectivity index (χ4n) is 3.35. The number of anilines is 1. The number of ketones is 1. The molecule has 1 heterocycles. The average Bonchev–Trinajstić information content (AvgIpc) is 2.73. The summed E-state index contributed by atoms with van der Waals surface area (Å²) in [5.74, 6) is -0.767. The number of rotatable bonds is 9. The van der Waals surface area contributed by atoms with E-state index < -0.39 is 11.6 Å². The summed E-state index contributed by atoms with van der Waals surface area (Å²) >= 11 is 0. The largest absolute Gasteiger partial charge is 0.496 e. The second-order valence-electron chi connectivity index (χ2n) is 7.28. The van der Waals surface area contributed by atoms with Gasteiger partial charge in [-0.3, -0.25) is 9.78 Å². The Balaban J connectivity index is 1.61. The molecule has 30 heavy (non-hydrogen) atoms. The first-order valence-electron chi connectivity index (χ1n) is 9.97. The van der Waals surface area contributed by atoms with Crippen molar-refractivity contribution in [2.75, 3.05) is 12.4 Å². The van der Waals surface area contributed by atoms with Gasteiger partial charge in [0.25, 0.3) is 0 Å². The molecular weight excluding hydrogens is 388 g/mol. The first-order chi connectivity index (χ1) is 14.4. The van der Waals surface area contributed by atoms with Crippen LogP contribution in [-0.4, -0.2) is 28.9 Å². The molecule has 0 aliphatic carbocycles. The van der Waals surface area contributed by atoms with Crippen LogP contribution >= 0.6 is 0 Å². The number of nitrogens with one attached hydrogen (secondary N) is 1. The van der Waals surface area contributed by atoms with E-state index in [2.05, 4.69) is 15.3 Å². The summed E-state index contributed by atoms with van der Waals surface area (Å²) in [7, 11) is 1.56. The number of hydrogen-bond donors (Lipinski definition) is 1. The monoisotopic (exact) mass is 413 g/mol. The van der Waals surface area contributed by atoms with Crippen molar-refractivity contribution in [3.8, 4) is 5.75 Å². The Morgan fingerprint density at radius 1 is 1.17 bits per heavy atom. The Morgan fingerprint density at radius 3 is 2.60 bits per heavy atom. The van der Waals surface area contributed by atoms with E-state index in [1.54, 1.807) is 7.11 Å². The van der Waals surface area contributed by atoms with Crippen molar-refractivity contribution in [3.05, 3.63) is 59.3 Å². The lowest BCUT2D eigenvalue weighted by molar-refractivity contribution is 0.0976. The highest BCUT2D eigenvalue weighted by Crippen LogP contribution is 2.23. The molecule has 0 bridgehead atoms. The van der Waals surface area contributed by atoms with Gasteiger partial charge in [0.2, 0.25) is 0 Å². The average molecular weight is 413 g/mol. The number of aryl methyl sites for hydroxylation is 1. The molecule has 7 heteroatoms. The maximum Gasteiger partial charge on any atom is 0.166 e. The highest BCUT2D eigenvalue weighted by Gasteiger charge is 2.15. The fourth-order valence-corrected chi connectivity index (χ4v) is 3.35. The van der Waals surface area contributed by atoms with Crippen LogP contribution in [0.1, 0.15) is 48.5 Å². The molecule has 0 spiro atoms. The van der Waals surface area contributed by atoms with Crippen LogP contribution in [0, 0.1) is 18.6 Å². The Morgan fingerprint density at radius 2 is 1.90 bits per heavy atom. The van der Waals surface area contributed by atoms with Crippen LogP contribution in [0.5, 0.6) is 5.75 Å². The van der Waals surface area contributed by atoms with Gasteiger partial charge in [0.05, 0.1) is 29.9 Å². The zero-order chi connectivity index (χ0) is 21.7. The van der Waals surface area contributed by atoms with E-state index in [0.717, 1.165) is 30.5 Å². The van der Waals surface area contributed by atoms with Crippen LogP contribution in [-0.2, 0) is 0 Å². The smallest absolute Gasteiger partial charge is 0.166 e. The molecule has 0 saturated heterocycles. The van der Waals surface area contributed by atoms with E-state index in [1.807, 2.05) is 32.0 Å². The number of nitrogens with zero attached hydrogens (tertiary/aromatic N) is 2. The molecule has 3 aromatic rings. The van der Waals surface area contributed by atoms with Gasteiger partial charge in [-0.25, -0.2) is 13.8 Å². The van der Waals surface area contributed by atoms with Gasteiger partial charge < -0.3 is 10.1 Å². The Bertz CT molecular complexity index is 1060. The molecule has 2 aromatic carbocycles. The molecule has 1 N–H and O–H groups in total. The molecule has 0 fully saturated rings. The molecule has 1 aromatic heterocycles. The van der Waals surface area contributed by atoms with Crippen LogP contribution < -0.4 is 10.1 Å². The summed E-state index contributed by atoms with van der Waals surface area (Å²) < 4.78 is 32.1. The Hall–Kier alpha value is -3.09. The molecule has 0 aliphatic heterocycles. The standard InChI is InChI=1S/C23H25F2N3O2/c1-4-15(6-5-7-21(29)16-10-14(2)8-9-22(16)30-3)27-23-13-26-19-11-17(24)18(25)12-20(19)28-23/h8-13,15H,4-7H2,1-3H3,(H,27,28). The summed E-state index contributed by atoms with van der Waals surface area (Å²) in [5.41, 5.74) is 2.20. The Labute approximate surface area is 174 Å². The lowest BCUT2D eigenvalue weighted by Crippen LogP contribution is -2.19. The highest BCUT2D eigenvalue weighted by atomic mass is 19.2. The van der Waals surface area contributed by atoms with Gasteiger partial charge in [0.1, 0.15) is 11.6 Å². The second-order valence-corrected chi connectivity index (χ2v) is 7.28. The van der Waals surface area contributed by atoms with E-state index in [4.69, 9.17) is 4.74 Å². The lowest BCUT2D eigenvalue weighted by Gasteiger charge is -2.17. The van der Waals surface area contributed by atoms with Crippen LogP contribution in [0.2, 0.25) is 0 Å². The number of benzene rings is 2. The third-order valence-corrected chi connectivity index (χ3v) is 5.04. The first-order valence-corrected chi connectivity index (χ1v) is 9.97. The maximum absolute atomic E-state index is 13.5. The maximum atomic E-state index is 13.5. The number of aromatic nitrogens is 2. The molecule has 0 saturated carbocycles. The molecule has 0 aliphatic rings. The predicted octanol–water partition coefficient (Wildman–Crippen LogP) is 5.47. The first kappa shape index (κ1) is 21.6. The normalized spacial score (nSPS) is 12.0. The summed E-state index contributed by atoms with van der Waals surface area (Å²) in [6.07, 6.45) is 4.19. The van der Waals surface area contributed by atoms with Crippen molar-refractivity contribution >= 4 is 22.6 Å². The third-order valence-electron chi connectivity index (χ3n) is 5.04. The van der Waals surface area contributed by atoms with Crippen LogP contribution in [0.25, 0.3) is 11.0 Å². The zero-order valence-corrected chi connectivity index (χ0v) is 17.3. The van der Waals surface area contributed by atoms with Gasteiger partial charge in [0, 0.05) is 24.6 Å². The molecule has 5 nitrogen and oxygen atoms in total. The zero-order valence-electron chi connectivity index (χ0n) is 17.3.